The monoisotopic (exact) mass is 437 g/mol. The van der Waals surface area contributed by atoms with Crippen LogP contribution in [0.3, 0.4) is 0 Å². The summed E-state index contributed by atoms with van der Waals surface area (Å²) in [6, 6.07) is 6.62. The molecular weight excluding hydrogens is 402 g/mol. The van der Waals surface area contributed by atoms with Gasteiger partial charge in [0.05, 0.1) is 10.8 Å². The second kappa shape index (κ2) is 9.92. The van der Waals surface area contributed by atoms with E-state index in [-0.39, 0.29) is 22.6 Å². The molecule has 2 amide bonds. The zero-order valence-corrected chi connectivity index (χ0v) is 19.6. The molecule has 168 valence electrons. The van der Waals surface area contributed by atoms with E-state index in [0.717, 1.165) is 18.4 Å². The molecule has 0 saturated carbocycles. The van der Waals surface area contributed by atoms with Crippen molar-refractivity contribution in [3.05, 3.63) is 29.8 Å². The number of carbonyl (C=O) groups is 2. The normalized spacial score (nSPS) is 17.8. The zero-order valence-electron chi connectivity index (χ0n) is 18.8. The second-order valence-electron chi connectivity index (χ2n) is 8.79. The molecule has 1 aromatic carbocycles. The summed E-state index contributed by atoms with van der Waals surface area (Å²) in [5.74, 6) is -0.210. The number of sulfonamides is 1. The number of benzene rings is 1. The van der Waals surface area contributed by atoms with Gasteiger partial charge >= 0.3 is 0 Å². The molecule has 7 nitrogen and oxygen atoms in total. The molecule has 0 aromatic heterocycles. The number of nitrogens with zero attached hydrogens (tertiary/aromatic N) is 2. The van der Waals surface area contributed by atoms with Gasteiger partial charge in [0.15, 0.2) is 0 Å². The van der Waals surface area contributed by atoms with Crippen molar-refractivity contribution >= 4 is 21.8 Å². The lowest BCUT2D eigenvalue weighted by Gasteiger charge is -2.35. The van der Waals surface area contributed by atoms with E-state index < -0.39 is 15.4 Å². The summed E-state index contributed by atoms with van der Waals surface area (Å²) in [6.07, 6.45) is 1.58. The van der Waals surface area contributed by atoms with Crippen molar-refractivity contribution in [3.8, 4) is 0 Å². The Morgan fingerprint density at radius 2 is 1.73 bits per heavy atom. The van der Waals surface area contributed by atoms with Crippen molar-refractivity contribution < 1.29 is 18.0 Å². The topological polar surface area (TPSA) is 86.8 Å². The Bertz CT molecular complexity index is 840. The van der Waals surface area contributed by atoms with Gasteiger partial charge in [0.1, 0.15) is 0 Å². The van der Waals surface area contributed by atoms with Crippen LogP contribution < -0.4 is 5.32 Å². The Morgan fingerprint density at radius 1 is 1.13 bits per heavy atom. The highest BCUT2D eigenvalue weighted by molar-refractivity contribution is 7.89. The third kappa shape index (κ3) is 5.82. The zero-order chi connectivity index (χ0) is 22.5. The predicted octanol–water partition coefficient (Wildman–Crippen LogP) is 2.62. The molecule has 1 unspecified atom stereocenters. The van der Waals surface area contributed by atoms with Gasteiger partial charge in [-0.05, 0) is 30.5 Å². The highest BCUT2D eigenvalue weighted by atomic mass is 32.2. The van der Waals surface area contributed by atoms with E-state index in [1.54, 1.807) is 29.2 Å². The molecule has 8 heteroatoms. The number of carbonyl (C=O) groups excluding carboxylic acids is 2. The van der Waals surface area contributed by atoms with Crippen molar-refractivity contribution in [1.29, 1.82) is 0 Å². The van der Waals surface area contributed by atoms with Gasteiger partial charge in [-0.25, -0.2) is 8.42 Å². The first-order valence-corrected chi connectivity index (χ1v) is 12.1. The minimum atomic E-state index is -3.48. The van der Waals surface area contributed by atoms with Crippen LogP contribution in [0, 0.1) is 11.3 Å². The second-order valence-corrected chi connectivity index (χ2v) is 10.7. The van der Waals surface area contributed by atoms with Gasteiger partial charge in [0.2, 0.25) is 21.8 Å². The third-order valence-electron chi connectivity index (χ3n) is 5.45. The molecule has 0 spiro atoms. The van der Waals surface area contributed by atoms with Crippen molar-refractivity contribution in [2.75, 3.05) is 26.2 Å². The quantitative estimate of drug-likeness (QED) is 0.710. The van der Waals surface area contributed by atoms with Crippen molar-refractivity contribution in [2.24, 2.45) is 11.3 Å². The van der Waals surface area contributed by atoms with E-state index >= 15 is 0 Å². The molecule has 1 heterocycles. The lowest BCUT2D eigenvalue weighted by Crippen LogP contribution is -2.48. The predicted molar refractivity (Wildman–Crippen MR) is 117 cm³/mol. The lowest BCUT2D eigenvalue weighted by molar-refractivity contribution is -0.142. The molecule has 1 aromatic rings. The van der Waals surface area contributed by atoms with Crippen LogP contribution in [0.1, 0.15) is 53.0 Å². The SMILES string of the molecule is CCN(CC)S(=O)(=O)c1ccc(CNC(=O)C2CCCN(C(=O)C(C)(C)C)C2)cc1. The molecule has 30 heavy (non-hydrogen) atoms. The Balaban J connectivity index is 1.96. The van der Waals surface area contributed by atoms with Crippen LogP contribution in [0.15, 0.2) is 29.2 Å². The maximum absolute atomic E-state index is 12.6. The van der Waals surface area contributed by atoms with Gasteiger partial charge in [-0.2, -0.15) is 4.31 Å². The number of rotatable bonds is 7. The van der Waals surface area contributed by atoms with E-state index in [2.05, 4.69) is 5.32 Å². The summed E-state index contributed by atoms with van der Waals surface area (Å²) in [7, 11) is -3.48. The van der Waals surface area contributed by atoms with E-state index in [0.29, 0.717) is 32.7 Å². The average Bonchev–Trinajstić information content (AvgIpc) is 2.71. The fourth-order valence-electron chi connectivity index (χ4n) is 3.68. The third-order valence-corrected chi connectivity index (χ3v) is 7.52. The van der Waals surface area contributed by atoms with E-state index in [1.165, 1.54) is 4.31 Å². The number of hydrogen-bond acceptors (Lipinski definition) is 4. The summed E-state index contributed by atoms with van der Waals surface area (Å²) in [4.78, 5) is 27.2. The molecule has 1 atom stereocenters. The summed E-state index contributed by atoms with van der Waals surface area (Å²) >= 11 is 0. The average molecular weight is 438 g/mol. The molecule has 1 saturated heterocycles. The number of amides is 2. The first-order chi connectivity index (χ1) is 14.0. The van der Waals surface area contributed by atoms with Gasteiger partial charge in [-0.3, -0.25) is 9.59 Å². The van der Waals surface area contributed by atoms with E-state index in [1.807, 2.05) is 34.6 Å². The maximum atomic E-state index is 12.6. The standard InChI is InChI=1S/C22H35N3O4S/c1-6-25(7-2)30(28,29)19-12-10-17(11-13-19)15-23-20(26)18-9-8-14-24(16-18)21(27)22(3,4)5/h10-13,18H,6-9,14-16H2,1-5H3,(H,23,26). The minimum absolute atomic E-state index is 0.0683. The van der Waals surface area contributed by atoms with Crippen LogP contribution in [0.25, 0.3) is 0 Å². The largest absolute Gasteiger partial charge is 0.352 e. The smallest absolute Gasteiger partial charge is 0.243 e. The van der Waals surface area contributed by atoms with Crippen molar-refractivity contribution in [3.63, 3.8) is 0 Å². The van der Waals surface area contributed by atoms with E-state index in [9.17, 15) is 18.0 Å². The van der Waals surface area contributed by atoms with Gasteiger partial charge in [-0.1, -0.05) is 46.8 Å². The molecule has 0 radical (unpaired) electrons. The van der Waals surface area contributed by atoms with Gasteiger partial charge in [0.25, 0.3) is 0 Å². The van der Waals surface area contributed by atoms with E-state index in [4.69, 9.17) is 0 Å². The molecule has 1 aliphatic heterocycles. The van der Waals surface area contributed by atoms with Gasteiger partial charge in [-0.15, -0.1) is 0 Å². The van der Waals surface area contributed by atoms with Crippen molar-refractivity contribution in [1.82, 2.24) is 14.5 Å². The Hall–Kier alpha value is -1.93. The summed E-state index contributed by atoms with van der Waals surface area (Å²) in [5.41, 5.74) is 0.381. The fourth-order valence-corrected chi connectivity index (χ4v) is 5.13. The molecule has 1 fully saturated rings. The Morgan fingerprint density at radius 3 is 2.27 bits per heavy atom. The highest BCUT2D eigenvalue weighted by Gasteiger charge is 2.33. The van der Waals surface area contributed by atoms with Crippen LogP contribution in [0.2, 0.25) is 0 Å². The molecule has 0 bridgehead atoms. The van der Waals surface area contributed by atoms with Crippen LogP contribution in [0.5, 0.6) is 0 Å². The first-order valence-electron chi connectivity index (χ1n) is 10.7. The molecular formula is C22H35N3O4S. The van der Waals surface area contributed by atoms with Crippen LogP contribution in [-0.4, -0.2) is 55.6 Å². The van der Waals surface area contributed by atoms with Gasteiger partial charge < -0.3 is 10.2 Å². The lowest BCUT2D eigenvalue weighted by atomic mass is 9.91. The molecule has 1 N–H and O–H groups in total. The summed E-state index contributed by atoms with van der Waals surface area (Å²) < 4.78 is 26.5. The summed E-state index contributed by atoms with van der Waals surface area (Å²) in [5, 5.41) is 2.93. The first kappa shape index (κ1) is 24.3. The van der Waals surface area contributed by atoms with Crippen molar-refractivity contribution in [2.45, 2.75) is 58.9 Å². The van der Waals surface area contributed by atoms with Crippen LogP contribution >= 0.6 is 0 Å². The number of likely N-dealkylation sites (tertiary alicyclic amines) is 1. The molecule has 2 rings (SSSR count). The maximum Gasteiger partial charge on any atom is 0.243 e. The highest BCUT2D eigenvalue weighted by Crippen LogP contribution is 2.24. The fraction of sp³-hybridized carbons (Fsp3) is 0.636. The number of nitrogens with one attached hydrogen (secondary N) is 1. The number of piperidine rings is 1. The summed E-state index contributed by atoms with van der Waals surface area (Å²) in [6.45, 7) is 11.6. The Kier molecular flexibility index (Phi) is 8.05. The van der Waals surface area contributed by atoms with Gasteiger partial charge in [0, 0.05) is 38.1 Å². The molecule has 1 aliphatic rings. The minimum Gasteiger partial charge on any atom is -0.352 e. The number of hydrogen-bond donors (Lipinski definition) is 1. The Labute approximate surface area is 180 Å². The van der Waals surface area contributed by atoms with Crippen LogP contribution in [0.4, 0.5) is 0 Å². The molecule has 0 aliphatic carbocycles. The van der Waals surface area contributed by atoms with Crippen LogP contribution in [-0.2, 0) is 26.2 Å².